The first-order valence-electron chi connectivity index (χ1n) is 4.12. The summed E-state index contributed by atoms with van der Waals surface area (Å²) in [5, 5.41) is 0. The van der Waals surface area contributed by atoms with Gasteiger partial charge in [0.1, 0.15) is 0 Å². The maximum atomic E-state index is 4.26. The lowest BCUT2D eigenvalue weighted by Gasteiger charge is -2.16. The third-order valence-corrected chi connectivity index (χ3v) is 2.69. The van der Waals surface area contributed by atoms with Gasteiger partial charge in [-0.15, -0.1) is 11.8 Å². The molecule has 0 radical (unpaired) electrons. The maximum Gasteiger partial charge on any atom is 0.0502 e. The molecule has 0 amide bonds. The van der Waals surface area contributed by atoms with Crippen LogP contribution in [0.25, 0.3) is 0 Å². The van der Waals surface area contributed by atoms with Crippen LogP contribution in [0.2, 0.25) is 0 Å². The Hall–Kier alpha value is -0.500. The van der Waals surface area contributed by atoms with Gasteiger partial charge in [-0.25, -0.2) is 0 Å². The van der Waals surface area contributed by atoms with Gasteiger partial charge in [-0.2, -0.15) is 0 Å². The van der Waals surface area contributed by atoms with Crippen LogP contribution in [0.1, 0.15) is 26.5 Å². The summed E-state index contributed by atoms with van der Waals surface area (Å²) in [6, 6.07) is 6.05. The van der Waals surface area contributed by atoms with Gasteiger partial charge in [0.15, 0.2) is 0 Å². The molecule has 1 aromatic heterocycles. The van der Waals surface area contributed by atoms with E-state index in [0.29, 0.717) is 4.75 Å². The molecule has 1 nitrogen and oxygen atoms in total. The van der Waals surface area contributed by atoms with Crippen molar-refractivity contribution in [3.63, 3.8) is 0 Å². The number of thioether (sulfide) groups is 1. The Bertz CT molecular complexity index is 225. The highest BCUT2D eigenvalue weighted by molar-refractivity contribution is 7.99. The van der Waals surface area contributed by atoms with Gasteiger partial charge in [-0.3, -0.25) is 4.98 Å². The zero-order valence-corrected chi connectivity index (χ0v) is 8.69. The predicted molar refractivity (Wildman–Crippen MR) is 55.3 cm³/mol. The van der Waals surface area contributed by atoms with E-state index in [1.165, 1.54) is 0 Å². The Morgan fingerprint density at radius 2 is 2.08 bits per heavy atom. The average molecular weight is 181 g/mol. The van der Waals surface area contributed by atoms with Crippen molar-refractivity contribution >= 4 is 11.8 Å². The Morgan fingerprint density at radius 3 is 2.58 bits per heavy atom. The second-order valence-corrected chi connectivity index (χ2v) is 5.52. The third kappa shape index (κ3) is 3.77. The van der Waals surface area contributed by atoms with E-state index in [9.17, 15) is 0 Å². The number of pyridine rings is 1. The topological polar surface area (TPSA) is 12.9 Å². The molecule has 1 rings (SSSR count). The molecular weight excluding hydrogens is 166 g/mol. The van der Waals surface area contributed by atoms with Crippen LogP contribution < -0.4 is 0 Å². The minimum atomic E-state index is 0.331. The highest BCUT2D eigenvalue weighted by atomic mass is 32.2. The summed E-state index contributed by atoms with van der Waals surface area (Å²) in [6.07, 6.45) is 1.85. The van der Waals surface area contributed by atoms with Gasteiger partial charge in [0.2, 0.25) is 0 Å². The zero-order valence-electron chi connectivity index (χ0n) is 7.87. The number of aromatic nitrogens is 1. The molecule has 0 fully saturated rings. The zero-order chi connectivity index (χ0) is 9.03. The van der Waals surface area contributed by atoms with Crippen molar-refractivity contribution in [2.75, 3.05) is 0 Å². The van der Waals surface area contributed by atoms with Crippen LogP contribution in [-0.4, -0.2) is 9.73 Å². The number of rotatable bonds is 2. The second kappa shape index (κ2) is 3.94. The summed E-state index contributed by atoms with van der Waals surface area (Å²) in [6.45, 7) is 6.67. The molecule has 0 atom stereocenters. The molecule has 12 heavy (non-hydrogen) atoms. The Morgan fingerprint density at radius 1 is 1.33 bits per heavy atom. The number of nitrogens with zero attached hydrogens (tertiary/aromatic N) is 1. The summed E-state index contributed by atoms with van der Waals surface area (Å²) < 4.78 is 0.331. The van der Waals surface area contributed by atoms with Gasteiger partial charge >= 0.3 is 0 Å². The van der Waals surface area contributed by atoms with Crippen molar-refractivity contribution in [2.24, 2.45) is 0 Å². The van der Waals surface area contributed by atoms with E-state index in [2.05, 4.69) is 31.8 Å². The molecule has 0 N–H and O–H groups in total. The van der Waals surface area contributed by atoms with Crippen LogP contribution in [0.3, 0.4) is 0 Å². The summed E-state index contributed by atoms with van der Waals surface area (Å²) in [5.74, 6) is 1.00. The van der Waals surface area contributed by atoms with Crippen LogP contribution >= 0.6 is 11.8 Å². The van der Waals surface area contributed by atoms with Crippen LogP contribution in [0.5, 0.6) is 0 Å². The van der Waals surface area contributed by atoms with Crippen LogP contribution in [-0.2, 0) is 5.75 Å². The van der Waals surface area contributed by atoms with Gasteiger partial charge in [-0.1, -0.05) is 26.8 Å². The molecule has 0 bridgehead atoms. The third-order valence-electron chi connectivity index (χ3n) is 1.38. The molecule has 1 aromatic rings. The first-order chi connectivity index (χ1) is 5.58. The summed E-state index contributed by atoms with van der Waals surface area (Å²) >= 11 is 1.92. The lowest BCUT2D eigenvalue weighted by molar-refractivity contribution is 0.801. The normalized spacial score (nSPS) is 11.6. The smallest absolute Gasteiger partial charge is 0.0502 e. The van der Waals surface area contributed by atoms with Crippen molar-refractivity contribution in [1.82, 2.24) is 4.98 Å². The van der Waals surface area contributed by atoms with Gasteiger partial charge in [0.25, 0.3) is 0 Å². The van der Waals surface area contributed by atoms with Gasteiger partial charge < -0.3 is 0 Å². The monoisotopic (exact) mass is 181 g/mol. The van der Waals surface area contributed by atoms with E-state index >= 15 is 0 Å². The standard InChI is InChI=1S/C10H15NS/c1-10(2,3)12-8-9-6-4-5-7-11-9/h4-7H,8H2,1-3H3. The first-order valence-corrected chi connectivity index (χ1v) is 5.10. The predicted octanol–water partition coefficient (Wildman–Crippen LogP) is 3.11. The number of hydrogen-bond acceptors (Lipinski definition) is 2. The average Bonchev–Trinajstić information content (AvgIpc) is 2.02. The maximum absolute atomic E-state index is 4.26. The molecule has 0 unspecified atom stereocenters. The lowest BCUT2D eigenvalue weighted by atomic mass is 10.3. The molecule has 0 aromatic carbocycles. The van der Waals surface area contributed by atoms with Crippen molar-refractivity contribution in [3.8, 4) is 0 Å². The molecule has 0 aliphatic carbocycles. The van der Waals surface area contributed by atoms with Crippen molar-refractivity contribution in [2.45, 2.75) is 31.3 Å². The molecular formula is C10H15NS. The Labute approximate surface area is 78.6 Å². The van der Waals surface area contributed by atoms with Gasteiger partial charge in [0.05, 0.1) is 5.69 Å². The van der Waals surface area contributed by atoms with E-state index in [1.807, 2.05) is 30.1 Å². The van der Waals surface area contributed by atoms with Crippen molar-refractivity contribution in [3.05, 3.63) is 30.1 Å². The van der Waals surface area contributed by atoms with Crippen LogP contribution in [0.4, 0.5) is 0 Å². The summed E-state index contributed by atoms with van der Waals surface area (Å²) in [5.41, 5.74) is 1.16. The molecule has 0 spiro atoms. The molecule has 66 valence electrons. The van der Waals surface area contributed by atoms with Gasteiger partial charge in [0, 0.05) is 16.7 Å². The second-order valence-electron chi connectivity index (χ2n) is 3.72. The van der Waals surface area contributed by atoms with E-state index in [0.717, 1.165) is 11.4 Å². The fourth-order valence-corrected chi connectivity index (χ4v) is 1.53. The number of hydrogen-bond donors (Lipinski definition) is 0. The van der Waals surface area contributed by atoms with E-state index in [1.54, 1.807) is 0 Å². The minimum Gasteiger partial charge on any atom is -0.260 e. The van der Waals surface area contributed by atoms with E-state index in [4.69, 9.17) is 0 Å². The summed E-state index contributed by atoms with van der Waals surface area (Å²) in [7, 11) is 0. The highest BCUT2D eigenvalue weighted by Crippen LogP contribution is 2.26. The largest absolute Gasteiger partial charge is 0.260 e. The van der Waals surface area contributed by atoms with Gasteiger partial charge in [-0.05, 0) is 12.1 Å². The molecule has 0 saturated heterocycles. The first kappa shape index (κ1) is 9.59. The molecule has 0 saturated carbocycles. The molecule has 0 aliphatic rings. The van der Waals surface area contributed by atoms with Crippen molar-refractivity contribution < 1.29 is 0 Å². The Balaban J connectivity index is 2.44. The van der Waals surface area contributed by atoms with E-state index < -0.39 is 0 Å². The molecule has 0 aliphatic heterocycles. The Kier molecular flexibility index (Phi) is 3.15. The minimum absolute atomic E-state index is 0.331. The SMILES string of the molecule is CC(C)(C)SCc1ccccn1. The van der Waals surface area contributed by atoms with Crippen molar-refractivity contribution in [1.29, 1.82) is 0 Å². The molecule has 2 heteroatoms. The van der Waals surface area contributed by atoms with Crippen LogP contribution in [0, 0.1) is 0 Å². The lowest BCUT2D eigenvalue weighted by Crippen LogP contribution is -2.07. The fourth-order valence-electron chi connectivity index (χ4n) is 0.774. The van der Waals surface area contributed by atoms with Crippen LogP contribution in [0.15, 0.2) is 24.4 Å². The quantitative estimate of drug-likeness (QED) is 0.695. The van der Waals surface area contributed by atoms with E-state index in [-0.39, 0.29) is 0 Å². The summed E-state index contributed by atoms with van der Waals surface area (Å²) in [4.78, 5) is 4.26. The highest BCUT2D eigenvalue weighted by Gasteiger charge is 2.10. The fraction of sp³-hybridized carbons (Fsp3) is 0.500. The molecule has 1 heterocycles.